The van der Waals surface area contributed by atoms with Crippen molar-refractivity contribution in [3.8, 4) is 17.1 Å². The third-order valence-electron chi connectivity index (χ3n) is 5.31. The van der Waals surface area contributed by atoms with E-state index in [2.05, 4.69) is 25.1 Å². The Morgan fingerprint density at radius 3 is 2.71 bits per heavy atom. The summed E-state index contributed by atoms with van der Waals surface area (Å²) in [5.41, 5.74) is 1.53. The number of rotatable bonds is 7. The maximum atomic E-state index is 12.6. The van der Waals surface area contributed by atoms with Gasteiger partial charge in [0.2, 0.25) is 5.91 Å². The molecule has 0 spiro atoms. The Kier molecular flexibility index (Phi) is 7.09. The number of anilines is 1. The van der Waals surface area contributed by atoms with Crippen LogP contribution in [-0.4, -0.2) is 38.5 Å². The molecule has 1 aliphatic rings. The molecule has 31 heavy (non-hydrogen) atoms. The van der Waals surface area contributed by atoms with E-state index in [4.69, 9.17) is 16.3 Å². The lowest BCUT2D eigenvalue weighted by atomic mass is 9.95. The van der Waals surface area contributed by atoms with E-state index in [1.807, 2.05) is 12.1 Å². The van der Waals surface area contributed by atoms with Gasteiger partial charge in [-0.05, 0) is 43.2 Å². The van der Waals surface area contributed by atoms with Gasteiger partial charge in [0.15, 0.2) is 11.0 Å². The van der Waals surface area contributed by atoms with Crippen LogP contribution in [0.1, 0.15) is 38.1 Å². The molecule has 1 saturated carbocycles. The average molecular weight is 458 g/mol. The molecule has 0 saturated heterocycles. The molecule has 9 heteroatoms. The molecular formula is C22H24ClN5O2S. The van der Waals surface area contributed by atoms with Gasteiger partial charge in [-0.2, -0.15) is 0 Å². The highest BCUT2D eigenvalue weighted by atomic mass is 35.5. The molecule has 1 aliphatic carbocycles. The molecule has 2 aromatic heterocycles. The zero-order chi connectivity index (χ0) is 21.6. The number of nitrogens with zero attached hydrogens (tertiary/aromatic N) is 4. The Hall–Kier alpha value is -2.58. The van der Waals surface area contributed by atoms with Crippen LogP contribution in [0.3, 0.4) is 0 Å². The quantitative estimate of drug-likeness (QED) is 0.488. The maximum Gasteiger partial charge on any atom is 0.234 e. The van der Waals surface area contributed by atoms with Crippen molar-refractivity contribution in [3.63, 3.8) is 0 Å². The van der Waals surface area contributed by atoms with Gasteiger partial charge in [0.05, 0.1) is 18.6 Å². The van der Waals surface area contributed by atoms with E-state index in [-0.39, 0.29) is 11.7 Å². The second kappa shape index (κ2) is 10.2. The Balaban J connectivity index is 1.52. The highest BCUT2D eigenvalue weighted by Gasteiger charge is 2.24. The van der Waals surface area contributed by atoms with Crippen LogP contribution >= 0.6 is 23.4 Å². The lowest BCUT2D eigenvalue weighted by Crippen LogP contribution is -2.17. The van der Waals surface area contributed by atoms with Crippen molar-refractivity contribution in [2.75, 3.05) is 18.2 Å². The van der Waals surface area contributed by atoms with Gasteiger partial charge >= 0.3 is 0 Å². The van der Waals surface area contributed by atoms with Crippen molar-refractivity contribution in [1.82, 2.24) is 19.7 Å². The number of aromatic nitrogens is 4. The van der Waals surface area contributed by atoms with E-state index in [9.17, 15) is 4.79 Å². The second-order valence-electron chi connectivity index (χ2n) is 7.39. The number of pyridine rings is 1. The number of halogens is 1. The predicted molar refractivity (Wildman–Crippen MR) is 123 cm³/mol. The van der Waals surface area contributed by atoms with Crippen LogP contribution in [0.2, 0.25) is 5.02 Å². The minimum Gasteiger partial charge on any atom is -0.495 e. The fraction of sp³-hybridized carbons (Fsp3) is 0.364. The van der Waals surface area contributed by atoms with Crippen molar-refractivity contribution in [3.05, 3.63) is 47.7 Å². The number of hydrogen-bond acceptors (Lipinski definition) is 6. The lowest BCUT2D eigenvalue weighted by Gasteiger charge is -2.25. The van der Waals surface area contributed by atoms with E-state index in [0.29, 0.717) is 22.5 Å². The molecule has 4 rings (SSSR count). The number of ether oxygens (including phenoxy) is 1. The van der Waals surface area contributed by atoms with Crippen LogP contribution in [0.5, 0.6) is 5.75 Å². The van der Waals surface area contributed by atoms with Crippen molar-refractivity contribution in [2.24, 2.45) is 0 Å². The summed E-state index contributed by atoms with van der Waals surface area (Å²) in [5, 5.41) is 13.0. The van der Waals surface area contributed by atoms with Crippen LogP contribution in [0.15, 0.2) is 47.9 Å². The third kappa shape index (κ3) is 5.19. The van der Waals surface area contributed by atoms with Crippen LogP contribution in [0.4, 0.5) is 5.69 Å². The molecular weight excluding hydrogens is 434 g/mol. The summed E-state index contributed by atoms with van der Waals surface area (Å²) < 4.78 is 7.50. The van der Waals surface area contributed by atoms with Crippen LogP contribution in [0.25, 0.3) is 11.4 Å². The summed E-state index contributed by atoms with van der Waals surface area (Å²) in [6, 6.07) is 9.34. The standard InChI is InChI=1S/C22H24ClN5O2S/c1-30-19-8-7-16(23)13-18(19)25-20(29)14-31-22-27-26-21(15-9-11-24-12-10-15)28(22)17-5-3-2-4-6-17/h7-13,17H,2-6,14H2,1H3,(H,25,29). The van der Waals surface area contributed by atoms with Crippen molar-refractivity contribution in [1.29, 1.82) is 0 Å². The molecule has 1 amide bonds. The fourth-order valence-electron chi connectivity index (χ4n) is 3.84. The van der Waals surface area contributed by atoms with Crippen LogP contribution in [-0.2, 0) is 4.79 Å². The molecule has 7 nitrogen and oxygen atoms in total. The summed E-state index contributed by atoms with van der Waals surface area (Å²) in [4.78, 5) is 16.7. The normalized spacial score (nSPS) is 14.4. The van der Waals surface area contributed by atoms with Crippen LogP contribution in [0, 0.1) is 0 Å². The SMILES string of the molecule is COc1ccc(Cl)cc1NC(=O)CSc1nnc(-c2ccncc2)n1C1CCCCC1. The number of carbonyl (C=O) groups excluding carboxylic acids is 1. The molecule has 1 fully saturated rings. The Bertz CT molecular complexity index is 1040. The molecule has 0 aliphatic heterocycles. The maximum absolute atomic E-state index is 12.6. The van der Waals surface area contributed by atoms with Gasteiger partial charge in [0, 0.05) is 29.0 Å². The minimum atomic E-state index is -0.158. The number of methoxy groups -OCH3 is 1. The second-order valence-corrected chi connectivity index (χ2v) is 8.76. The molecule has 0 atom stereocenters. The topological polar surface area (TPSA) is 81.9 Å². The van der Waals surface area contributed by atoms with Gasteiger partial charge in [-0.1, -0.05) is 42.6 Å². The minimum absolute atomic E-state index is 0.158. The number of benzene rings is 1. The summed E-state index contributed by atoms with van der Waals surface area (Å²) in [6.07, 6.45) is 9.35. The van der Waals surface area contributed by atoms with Gasteiger partial charge < -0.3 is 10.1 Å². The van der Waals surface area contributed by atoms with E-state index < -0.39 is 0 Å². The molecule has 0 unspecified atom stereocenters. The van der Waals surface area contributed by atoms with Gasteiger partial charge in [0.1, 0.15) is 5.75 Å². The molecule has 3 aromatic rings. The number of thioether (sulfide) groups is 1. The largest absolute Gasteiger partial charge is 0.495 e. The highest BCUT2D eigenvalue weighted by Crippen LogP contribution is 2.35. The number of amides is 1. The Labute approximate surface area is 190 Å². The van der Waals surface area contributed by atoms with E-state index in [0.717, 1.165) is 29.4 Å². The van der Waals surface area contributed by atoms with Gasteiger partial charge in [-0.25, -0.2) is 0 Å². The van der Waals surface area contributed by atoms with E-state index in [1.165, 1.54) is 31.0 Å². The average Bonchev–Trinajstić information content (AvgIpc) is 3.23. The number of hydrogen-bond donors (Lipinski definition) is 1. The summed E-state index contributed by atoms with van der Waals surface area (Å²) in [7, 11) is 1.56. The van der Waals surface area contributed by atoms with E-state index in [1.54, 1.807) is 37.7 Å². The fourth-order valence-corrected chi connectivity index (χ4v) is 4.81. The third-order valence-corrected chi connectivity index (χ3v) is 6.49. The summed E-state index contributed by atoms with van der Waals surface area (Å²) >= 11 is 7.45. The molecule has 0 bridgehead atoms. The number of carbonyl (C=O) groups is 1. The highest BCUT2D eigenvalue weighted by molar-refractivity contribution is 7.99. The Morgan fingerprint density at radius 1 is 1.19 bits per heavy atom. The summed E-state index contributed by atoms with van der Waals surface area (Å²) in [5.74, 6) is 1.44. The molecule has 1 N–H and O–H groups in total. The van der Waals surface area contributed by atoms with Gasteiger partial charge in [-0.15, -0.1) is 10.2 Å². The first-order valence-corrected chi connectivity index (χ1v) is 11.6. The van der Waals surface area contributed by atoms with Crippen molar-refractivity contribution in [2.45, 2.75) is 43.3 Å². The van der Waals surface area contributed by atoms with Gasteiger partial charge in [-0.3, -0.25) is 14.3 Å². The first-order valence-electron chi connectivity index (χ1n) is 10.3. The molecule has 162 valence electrons. The zero-order valence-corrected chi connectivity index (χ0v) is 18.8. The monoisotopic (exact) mass is 457 g/mol. The molecule has 0 radical (unpaired) electrons. The number of nitrogens with one attached hydrogen (secondary N) is 1. The van der Waals surface area contributed by atoms with Gasteiger partial charge in [0.25, 0.3) is 0 Å². The lowest BCUT2D eigenvalue weighted by molar-refractivity contribution is -0.113. The first kappa shape index (κ1) is 21.6. The summed E-state index contributed by atoms with van der Waals surface area (Å²) in [6.45, 7) is 0. The van der Waals surface area contributed by atoms with Crippen molar-refractivity contribution < 1.29 is 9.53 Å². The smallest absolute Gasteiger partial charge is 0.234 e. The van der Waals surface area contributed by atoms with E-state index >= 15 is 0 Å². The molecule has 2 heterocycles. The molecule has 1 aromatic carbocycles. The zero-order valence-electron chi connectivity index (χ0n) is 17.3. The first-order chi connectivity index (χ1) is 15.2. The Morgan fingerprint density at radius 2 is 1.97 bits per heavy atom. The van der Waals surface area contributed by atoms with Crippen molar-refractivity contribution >= 4 is 35.0 Å². The predicted octanol–water partition coefficient (Wildman–Crippen LogP) is 5.24. The van der Waals surface area contributed by atoms with Crippen LogP contribution < -0.4 is 10.1 Å².